The highest BCUT2D eigenvalue weighted by Crippen LogP contribution is 2.34. The van der Waals surface area contributed by atoms with Crippen LogP contribution in [0.5, 0.6) is 11.5 Å². The van der Waals surface area contributed by atoms with E-state index >= 15 is 0 Å². The number of rotatable bonds is 7. The molecule has 2 heterocycles. The third-order valence-corrected chi connectivity index (χ3v) is 5.89. The average molecular weight is 496 g/mol. The molecule has 2 aromatic heterocycles. The lowest BCUT2D eigenvalue weighted by atomic mass is 10.1. The van der Waals surface area contributed by atoms with Crippen LogP contribution in [0.25, 0.3) is 10.4 Å². The monoisotopic (exact) mass is 495 g/mol. The van der Waals surface area contributed by atoms with E-state index in [0.717, 1.165) is 6.07 Å². The second-order valence-electron chi connectivity index (χ2n) is 7.11. The SMILES string of the molecule is CNC(=O)c1cc(Oc2ccc(NC(=O)c3nc(NC)sc3-c3ccc(F)cc3)cc2F)ccn1. The van der Waals surface area contributed by atoms with E-state index in [1.165, 1.54) is 61.0 Å². The number of hydrogen-bond acceptors (Lipinski definition) is 7. The quantitative estimate of drug-likeness (QED) is 0.336. The second kappa shape index (κ2) is 10.3. The number of anilines is 2. The first-order chi connectivity index (χ1) is 16.9. The van der Waals surface area contributed by atoms with Crippen molar-refractivity contribution in [3.63, 3.8) is 0 Å². The molecule has 0 radical (unpaired) electrons. The first-order valence-electron chi connectivity index (χ1n) is 10.3. The molecule has 0 saturated heterocycles. The van der Waals surface area contributed by atoms with Crippen LogP contribution in [-0.2, 0) is 0 Å². The summed E-state index contributed by atoms with van der Waals surface area (Å²) in [6.07, 6.45) is 1.37. The Morgan fingerprint density at radius 2 is 1.74 bits per heavy atom. The minimum absolute atomic E-state index is 0.102. The lowest BCUT2D eigenvalue weighted by Gasteiger charge is -2.10. The lowest BCUT2D eigenvalue weighted by Crippen LogP contribution is -2.18. The molecule has 0 saturated carbocycles. The molecule has 178 valence electrons. The second-order valence-corrected chi connectivity index (χ2v) is 8.11. The molecule has 0 aliphatic carbocycles. The van der Waals surface area contributed by atoms with E-state index in [-0.39, 0.29) is 28.6 Å². The highest BCUT2D eigenvalue weighted by molar-refractivity contribution is 7.19. The van der Waals surface area contributed by atoms with Crippen molar-refractivity contribution in [2.24, 2.45) is 0 Å². The van der Waals surface area contributed by atoms with Crippen LogP contribution < -0.4 is 20.7 Å². The Hall–Kier alpha value is -4.38. The minimum Gasteiger partial charge on any atom is -0.454 e. The predicted molar refractivity (Wildman–Crippen MR) is 129 cm³/mol. The van der Waals surface area contributed by atoms with Gasteiger partial charge in [-0.3, -0.25) is 14.6 Å². The zero-order valence-electron chi connectivity index (χ0n) is 18.6. The van der Waals surface area contributed by atoms with Crippen LogP contribution in [0.4, 0.5) is 19.6 Å². The van der Waals surface area contributed by atoms with Gasteiger partial charge in [-0.05, 0) is 35.9 Å². The van der Waals surface area contributed by atoms with Crippen molar-refractivity contribution in [3.8, 4) is 21.9 Å². The Labute approximate surface area is 203 Å². The number of hydrogen-bond donors (Lipinski definition) is 3. The van der Waals surface area contributed by atoms with E-state index < -0.39 is 23.4 Å². The Kier molecular flexibility index (Phi) is 6.97. The van der Waals surface area contributed by atoms with Crippen LogP contribution >= 0.6 is 11.3 Å². The van der Waals surface area contributed by atoms with Crippen molar-refractivity contribution in [1.82, 2.24) is 15.3 Å². The number of carbonyl (C=O) groups is 2. The Balaban J connectivity index is 1.53. The van der Waals surface area contributed by atoms with Gasteiger partial charge >= 0.3 is 0 Å². The number of amides is 2. The summed E-state index contributed by atoms with van der Waals surface area (Å²) in [7, 11) is 3.14. The van der Waals surface area contributed by atoms with Gasteiger partial charge in [0.1, 0.15) is 23.0 Å². The maximum atomic E-state index is 14.7. The maximum absolute atomic E-state index is 14.7. The number of halogens is 2. The van der Waals surface area contributed by atoms with Gasteiger partial charge in [-0.15, -0.1) is 0 Å². The van der Waals surface area contributed by atoms with Gasteiger partial charge in [-0.25, -0.2) is 13.8 Å². The van der Waals surface area contributed by atoms with Crippen LogP contribution in [-0.4, -0.2) is 35.9 Å². The number of aromatic nitrogens is 2. The molecule has 0 atom stereocenters. The van der Waals surface area contributed by atoms with Crippen LogP contribution in [0.1, 0.15) is 21.0 Å². The van der Waals surface area contributed by atoms with Crippen molar-refractivity contribution in [2.45, 2.75) is 0 Å². The summed E-state index contributed by atoms with van der Waals surface area (Å²) in [5.41, 5.74) is 1.05. The van der Waals surface area contributed by atoms with Gasteiger partial charge in [0.15, 0.2) is 16.7 Å². The fourth-order valence-corrected chi connectivity index (χ4v) is 4.00. The van der Waals surface area contributed by atoms with Gasteiger partial charge in [0, 0.05) is 38.1 Å². The summed E-state index contributed by atoms with van der Waals surface area (Å²) in [6, 6.07) is 12.5. The molecule has 2 aromatic carbocycles. The van der Waals surface area contributed by atoms with E-state index in [4.69, 9.17) is 4.74 Å². The fraction of sp³-hybridized carbons (Fsp3) is 0.0833. The highest BCUT2D eigenvalue weighted by atomic mass is 32.1. The van der Waals surface area contributed by atoms with Gasteiger partial charge in [-0.2, -0.15) is 0 Å². The minimum atomic E-state index is -0.728. The highest BCUT2D eigenvalue weighted by Gasteiger charge is 2.20. The number of carbonyl (C=O) groups excluding carboxylic acids is 2. The van der Waals surface area contributed by atoms with Crippen molar-refractivity contribution < 1.29 is 23.1 Å². The van der Waals surface area contributed by atoms with Crippen LogP contribution in [0.15, 0.2) is 60.8 Å². The summed E-state index contributed by atoms with van der Waals surface area (Å²) in [5.74, 6) is -1.96. The molecular formula is C24H19F2N5O3S. The molecule has 4 rings (SSSR count). The zero-order chi connectivity index (χ0) is 24.9. The molecular weight excluding hydrogens is 476 g/mol. The number of nitrogens with zero attached hydrogens (tertiary/aromatic N) is 2. The van der Waals surface area contributed by atoms with Crippen molar-refractivity contribution in [2.75, 3.05) is 24.7 Å². The Bertz CT molecular complexity index is 1390. The summed E-state index contributed by atoms with van der Waals surface area (Å²) in [4.78, 5) is 33.4. The molecule has 0 aliphatic rings. The molecule has 0 unspecified atom stereocenters. The molecule has 0 aliphatic heterocycles. The molecule has 0 bridgehead atoms. The molecule has 0 fully saturated rings. The summed E-state index contributed by atoms with van der Waals surface area (Å²) in [5, 5.41) is 8.46. The summed E-state index contributed by atoms with van der Waals surface area (Å²) < 4.78 is 33.6. The molecule has 4 aromatic rings. The number of benzene rings is 2. The first-order valence-corrected chi connectivity index (χ1v) is 11.1. The predicted octanol–water partition coefficient (Wildman–Crippen LogP) is 4.93. The number of pyridine rings is 1. The molecule has 8 nitrogen and oxygen atoms in total. The molecule has 0 spiro atoms. The van der Waals surface area contributed by atoms with Gasteiger partial charge < -0.3 is 20.7 Å². The van der Waals surface area contributed by atoms with Gasteiger partial charge in [0.2, 0.25) is 0 Å². The molecule has 3 N–H and O–H groups in total. The third kappa shape index (κ3) is 5.41. The number of thiazole rings is 1. The fourth-order valence-electron chi connectivity index (χ4n) is 3.08. The van der Waals surface area contributed by atoms with Crippen LogP contribution in [0.3, 0.4) is 0 Å². The van der Waals surface area contributed by atoms with E-state index in [2.05, 4.69) is 25.9 Å². The van der Waals surface area contributed by atoms with Crippen LogP contribution in [0, 0.1) is 11.6 Å². The maximum Gasteiger partial charge on any atom is 0.275 e. The first kappa shape index (κ1) is 23.8. The van der Waals surface area contributed by atoms with E-state index in [1.807, 2.05) is 0 Å². The van der Waals surface area contributed by atoms with Gasteiger partial charge in [-0.1, -0.05) is 23.5 Å². The van der Waals surface area contributed by atoms with Gasteiger partial charge in [0.05, 0.1) is 4.88 Å². The smallest absolute Gasteiger partial charge is 0.275 e. The molecule has 11 heteroatoms. The summed E-state index contributed by atoms with van der Waals surface area (Å²) >= 11 is 1.24. The zero-order valence-corrected chi connectivity index (χ0v) is 19.4. The van der Waals surface area contributed by atoms with Gasteiger partial charge in [0.25, 0.3) is 11.8 Å². The topological polar surface area (TPSA) is 105 Å². The lowest BCUT2D eigenvalue weighted by molar-refractivity contribution is 0.0957. The van der Waals surface area contributed by atoms with Crippen molar-refractivity contribution in [1.29, 1.82) is 0 Å². The Morgan fingerprint density at radius 3 is 2.43 bits per heavy atom. The molecule has 35 heavy (non-hydrogen) atoms. The van der Waals surface area contributed by atoms with E-state index in [1.54, 1.807) is 19.2 Å². The van der Waals surface area contributed by atoms with E-state index in [0.29, 0.717) is 15.6 Å². The number of ether oxygens (including phenoxy) is 1. The van der Waals surface area contributed by atoms with Crippen molar-refractivity contribution >= 4 is 34.0 Å². The standard InChI is InChI=1S/C24H19F2N5O3S/c1-27-22(32)18-12-16(9-10-29-18)34-19-8-7-15(11-17(19)26)30-23(33)20-21(35-24(28-2)31-20)13-3-5-14(25)6-4-13/h3-12H,1-2H3,(H,27,32)(H,28,31)(H,30,33). The normalized spacial score (nSPS) is 10.5. The largest absolute Gasteiger partial charge is 0.454 e. The van der Waals surface area contributed by atoms with Crippen LogP contribution in [0.2, 0.25) is 0 Å². The van der Waals surface area contributed by atoms with E-state index in [9.17, 15) is 18.4 Å². The Morgan fingerprint density at radius 1 is 0.971 bits per heavy atom. The average Bonchev–Trinajstić information content (AvgIpc) is 3.31. The summed E-state index contributed by atoms with van der Waals surface area (Å²) in [6.45, 7) is 0. The molecule has 2 amide bonds. The van der Waals surface area contributed by atoms with Crippen molar-refractivity contribution in [3.05, 3.63) is 83.8 Å². The third-order valence-electron chi connectivity index (χ3n) is 4.77. The number of nitrogens with one attached hydrogen (secondary N) is 3.